The Morgan fingerprint density at radius 3 is 1.91 bits per heavy atom. The van der Waals surface area contributed by atoms with Gasteiger partial charge in [0.15, 0.2) is 0 Å². The molecule has 2 aromatic heterocycles. The number of benzene rings is 3. The van der Waals surface area contributed by atoms with Gasteiger partial charge in [-0.25, -0.2) is 19.6 Å². The normalized spacial score (nSPS) is 19.1. The fourth-order valence-corrected chi connectivity index (χ4v) is 6.71. The molecule has 2 amide bonds. The summed E-state index contributed by atoms with van der Waals surface area (Å²) in [6.45, 7) is 12.6. The smallest absolute Gasteiger partial charge is 0.410 e. The molecule has 2 N–H and O–H groups in total. The highest BCUT2D eigenvalue weighted by Crippen LogP contribution is 2.37. The van der Waals surface area contributed by atoms with E-state index in [-0.39, 0.29) is 24.3 Å². The number of fused-ring (bicyclic) bond motifs is 4. The van der Waals surface area contributed by atoms with Crippen LogP contribution in [0.15, 0.2) is 48.5 Å². The van der Waals surface area contributed by atoms with Gasteiger partial charge in [-0.15, -0.1) is 0 Å². The first-order chi connectivity index (χ1) is 21.8. The van der Waals surface area contributed by atoms with Crippen molar-refractivity contribution in [3.63, 3.8) is 0 Å². The van der Waals surface area contributed by atoms with Crippen LogP contribution in [0.3, 0.4) is 0 Å². The van der Waals surface area contributed by atoms with Crippen LogP contribution >= 0.6 is 0 Å². The monoisotopic (exact) mass is 622 g/mol. The van der Waals surface area contributed by atoms with Crippen LogP contribution in [-0.2, 0) is 9.47 Å². The van der Waals surface area contributed by atoms with E-state index < -0.39 is 11.2 Å². The molecule has 0 aliphatic carbocycles. The van der Waals surface area contributed by atoms with Gasteiger partial charge < -0.3 is 19.4 Å². The highest BCUT2D eigenvalue weighted by atomic mass is 16.6. The summed E-state index contributed by atoms with van der Waals surface area (Å²) in [5, 5.41) is 2.14. The second-order valence-electron chi connectivity index (χ2n) is 14.5. The predicted molar refractivity (Wildman–Crippen MR) is 179 cm³/mol. The first kappa shape index (κ1) is 30.1. The molecule has 2 aliphatic heterocycles. The van der Waals surface area contributed by atoms with E-state index in [1.165, 1.54) is 0 Å². The molecular weight excluding hydrogens is 580 g/mol. The number of hydrogen-bond acceptors (Lipinski definition) is 6. The maximum absolute atomic E-state index is 12.9. The van der Waals surface area contributed by atoms with Gasteiger partial charge in [0.2, 0.25) is 0 Å². The zero-order valence-corrected chi connectivity index (χ0v) is 27.4. The van der Waals surface area contributed by atoms with Crippen LogP contribution in [0.25, 0.3) is 44.0 Å². The number of carbonyl (C=O) groups excluding carboxylic acids is 2. The number of likely N-dealkylation sites (tertiary alicyclic amines) is 2. The molecule has 3 aromatic carbocycles. The van der Waals surface area contributed by atoms with Crippen molar-refractivity contribution in [1.82, 2.24) is 29.7 Å². The van der Waals surface area contributed by atoms with E-state index in [1.54, 1.807) is 9.80 Å². The SMILES string of the molecule is CC(C)(C)OC(=O)N1CCC[C@H]1c1nc2ccc(-c3ccc4c(ccc5[nH]c([C@@H]6CCCN6C(=O)OC(C)(C)C)nc54)c3)cc2[nH]1. The molecule has 2 saturated heterocycles. The van der Waals surface area contributed by atoms with Crippen molar-refractivity contribution in [3.8, 4) is 11.1 Å². The van der Waals surface area contributed by atoms with E-state index in [0.717, 1.165) is 81.3 Å². The van der Waals surface area contributed by atoms with Gasteiger partial charge in [0.05, 0.1) is 34.2 Å². The second-order valence-corrected chi connectivity index (χ2v) is 14.5. The molecule has 0 bridgehead atoms. The van der Waals surface area contributed by atoms with Gasteiger partial charge in [0.25, 0.3) is 0 Å². The maximum atomic E-state index is 12.9. The third kappa shape index (κ3) is 5.76. The van der Waals surface area contributed by atoms with E-state index in [2.05, 4.69) is 52.4 Å². The Bertz CT molecular complexity index is 1960. The maximum Gasteiger partial charge on any atom is 0.410 e. The Labute approximate surface area is 268 Å². The highest BCUT2D eigenvalue weighted by Gasteiger charge is 2.36. The van der Waals surface area contributed by atoms with Gasteiger partial charge in [0.1, 0.15) is 22.9 Å². The third-order valence-corrected chi connectivity index (χ3v) is 8.71. The minimum atomic E-state index is -0.546. The average molecular weight is 623 g/mol. The summed E-state index contributed by atoms with van der Waals surface area (Å²) in [7, 11) is 0. The molecule has 0 radical (unpaired) electrons. The molecule has 5 aromatic rings. The number of amides is 2. The molecule has 46 heavy (non-hydrogen) atoms. The first-order valence-electron chi connectivity index (χ1n) is 16.2. The fourth-order valence-electron chi connectivity index (χ4n) is 6.71. The zero-order valence-electron chi connectivity index (χ0n) is 27.4. The summed E-state index contributed by atoms with van der Waals surface area (Å²) in [6.07, 6.45) is 2.93. The minimum Gasteiger partial charge on any atom is -0.444 e. The van der Waals surface area contributed by atoms with Gasteiger partial charge in [-0.05, 0) is 108 Å². The fraction of sp³-hybridized carbons (Fsp3) is 0.444. The summed E-state index contributed by atoms with van der Waals surface area (Å²) >= 11 is 0. The second kappa shape index (κ2) is 11.0. The Morgan fingerprint density at radius 2 is 1.28 bits per heavy atom. The number of H-pyrrole nitrogens is 2. The minimum absolute atomic E-state index is 0.132. The molecule has 10 heteroatoms. The van der Waals surface area contributed by atoms with Crippen molar-refractivity contribution in [2.24, 2.45) is 0 Å². The molecule has 2 fully saturated rings. The number of hydrogen-bond donors (Lipinski definition) is 2. The Balaban J connectivity index is 1.15. The Kier molecular flexibility index (Phi) is 7.21. The molecule has 2 atom stereocenters. The summed E-state index contributed by atoms with van der Waals surface area (Å²) in [6, 6.07) is 16.6. The van der Waals surface area contributed by atoms with Crippen LogP contribution < -0.4 is 0 Å². The van der Waals surface area contributed by atoms with Crippen LogP contribution in [0.1, 0.15) is 91.0 Å². The van der Waals surface area contributed by atoms with Gasteiger partial charge in [-0.3, -0.25) is 9.80 Å². The van der Waals surface area contributed by atoms with E-state index >= 15 is 0 Å². The number of nitrogens with one attached hydrogen (secondary N) is 2. The lowest BCUT2D eigenvalue weighted by atomic mass is 10.0. The van der Waals surface area contributed by atoms with E-state index in [0.29, 0.717) is 13.1 Å². The van der Waals surface area contributed by atoms with Gasteiger partial charge in [-0.2, -0.15) is 0 Å². The zero-order chi connectivity index (χ0) is 32.4. The molecule has 10 nitrogen and oxygen atoms in total. The molecule has 0 spiro atoms. The standard InChI is InChI=1S/C36H42N6O4/c1-35(2,3)45-33(43)41-17-7-9-28(41)31-37-25-15-12-22(20-27(25)39-31)21-11-14-24-23(19-21)13-16-26-30(24)40-32(38-26)29-10-8-18-42(29)34(44)46-36(4,5)6/h11-16,19-20,28-29H,7-10,17-18H2,1-6H3,(H,37,39)(H,38,40)/t28-,29-/m0/s1. The first-order valence-corrected chi connectivity index (χ1v) is 16.2. The van der Waals surface area contributed by atoms with E-state index in [9.17, 15) is 9.59 Å². The Morgan fingerprint density at radius 1 is 0.717 bits per heavy atom. The highest BCUT2D eigenvalue weighted by molar-refractivity contribution is 6.05. The number of nitrogens with zero attached hydrogens (tertiary/aromatic N) is 4. The van der Waals surface area contributed by atoms with Crippen LogP contribution in [0.2, 0.25) is 0 Å². The van der Waals surface area contributed by atoms with Gasteiger partial charge >= 0.3 is 12.2 Å². The summed E-state index contributed by atoms with van der Waals surface area (Å²) in [5.41, 5.74) is 4.72. The van der Waals surface area contributed by atoms with Crippen LogP contribution in [0.4, 0.5) is 9.59 Å². The van der Waals surface area contributed by atoms with E-state index in [1.807, 2.05) is 47.6 Å². The van der Waals surface area contributed by atoms with Crippen LogP contribution in [-0.4, -0.2) is 66.2 Å². The molecule has 240 valence electrons. The number of imidazole rings is 2. The summed E-state index contributed by atoms with van der Waals surface area (Å²) < 4.78 is 11.3. The molecular formula is C36H42N6O4. The van der Waals surface area contributed by atoms with Gasteiger partial charge in [-0.1, -0.05) is 24.3 Å². The topological polar surface area (TPSA) is 116 Å². The van der Waals surface area contributed by atoms with Gasteiger partial charge in [0, 0.05) is 18.5 Å². The lowest BCUT2D eigenvalue weighted by Gasteiger charge is -2.27. The number of aromatic nitrogens is 4. The summed E-state index contributed by atoms with van der Waals surface area (Å²) in [5.74, 6) is 1.58. The number of rotatable bonds is 3. The van der Waals surface area contributed by atoms with Crippen molar-refractivity contribution in [1.29, 1.82) is 0 Å². The average Bonchev–Trinajstić information content (AvgIpc) is 3.79. The quantitative estimate of drug-likeness (QED) is 0.209. The van der Waals surface area contributed by atoms with Crippen LogP contribution in [0.5, 0.6) is 0 Å². The molecule has 0 saturated carbocycles. The van der Waals surface area contributed by atoms with Crippen molar-refractivity contribution >= 4 is 45.0 Å². The predicted octanol–water partition coefficient (Wildman–Crippen LogP) is 8.40. The molecule has 7 rings (SSSR count). The summed E-state index contributed by atoms with van der Waals surface area (Å²) in [4.78, 5) is 46.2. The van der Waals surface area contributed by atoms with Crippen molar-refractivity contribution < 1.29 is 19.1 Å². The van der Waals surface area contributed by atoms with Crippen LogP contribution in [0, 0.1) is 0 Å². The molecule has 4 heterocycles. The lowest BCUT2D eigenvalue weighted by Crippen LogP contribution is -2.36. The van der Waals surface area contributed by atoms with Crippen molar-refractivity contribution in [3.05, 3.63) is 60.2 Å². The van der Waals surface area contributed by atoms with E-state index in [4.69, 9.17) is 19.4 Å². The number of aromatic amines is 2. The van der Waals surface area contributed by atoms with Crippen molar-refractivity contribution in [2.75, 3.05) is 13.1 Å². The van der Waals surface area contributed by atoms with Crippen molar-refractivity contribution in [2.45, 2.75) is 90.5 Å². The Hall–Kier alpha value is -4.60. The molecule has 0 unspecified atom stereocenters. The molecule has 2 aliphatic rings. The lowest BCUT2D eigenvalue weighted by molar-refractivity contribution is 0.0208. The number of carbonyl (C=O) groups is 2. The number of ether oxygens (including phenoxy) is 2. The largest absolute Gasteiger partial charge is 0.444 e. The third-order valence-electron chi connectivity index (χ3n) is 8.71.